The van der Waals surface area contributed by atoms with E-state index in [-0.39, 0.29) is 5.91 Å². The molecular formula is C16H18N2O2. The van der Waals surface area contributed by atoms with Crippen LogP contribution in [0.3, 0.4) is 0 Å². The van der Waals surface area contributed by atoms with Crippen molar-refractivity contribution in [2.75, 3.05) is 18.2 Å². The number of amides is 1. The summed E-state index contributed by atoms with van der Waals surface area (Å²) in [5.41, 5.74) is 9.57. The van der Waals surface area contributed by atoms with Crippen LogP contribution in [0.2, 0.25) is 0 Å². The van der Waals surface area contributed by atoms with E-state index in [0.29, 0.717) is 17.0 Å². The number of rotatable bonds is 3. The second kappa shape index (κ2) is 5.65. The molecule has 0 atom stereocenters. The third kappa shape index (κ3) is 2.91. The van der Waals surface area contributed by atoms with Gasteiger partial charge in [0.1, 0.15) is 5.75 Å². The van der Waals surface area contributed by atoms with Gasteiger partial charge in [0.15, 0.2) is 0 Å². The van der Waals surface area contributed by atoms with E-state index in [1.165, 1.54) is 7.11 Å². The smallest absolute Gasteiger partial charge is 0.259 e. The molecule has 0 heterocycles. The van der Waals surface area contributed by atoms with Crippen molar-refractivity contribution in [2.24, 2.45) is 0 Å². The van der Waals surface area contributed by atoms with E-state index in [1.807, 2.05) is 32.0 Å². The minimum atomic E-state index is -0.233. The van der Waals surface area contributed by atoms with Gasteiger partial charge < -0.3 is 15.8 Å². The molecule has 0 bridgehead atoms. The summed E-state index contributed by atoms with van der Waals surface area (Å²) in [4.78, 5) is 12.4. The minimum absolute atomic E-state index is 0.233. The van der Waals surface area contributed by atoms with Crippen molar-refractivity contribution in [2.45, 2.75) is 13.8 Å². The fourth-order valence-corrected chi connectivity index (χ4v) is 1.96. The van der Waals surface area contributed by atoms with Gasteiger partial charge in [-0.2, -0.15) is 0 Å². The van der Waals surface area contributed by atoms with Gasteiger partial charge in [0.25, 0.3) is 5.91 Å². The molecule has 2 rings (SSSR count). The molecule has 2 aromatic rings. The molecule has 0 saturated heterocycles. The van der Waals surface area contributed by atoms with Crippen LogP contribution in [0, 0.1) is 13.8 Å². The van der Waals surface area contributed by atoms with E-state index < -0.39 is 0 Å². The number of aryl methyl sites for hydroxylation is 2. The van der Waals surface area contributed by atoms with Gasteiger partial charge in [0.2, 0.25) is 0 Å². The molecule has 3 N–H and O–H groups in total. The number of ether oxygens (including phenoxy) is 1. The second-order valence-corrected chi connectivity index (χ2v) is 4.73. The lowest BCUT2D eigenvalue weighted by Crippen LogP contribution is -2.14. The fraction of sp³-hybridized carbons (Fsp3) is 0.188. The summed E-state index contributed by atoms with van der Waals surface area (Å²) in [6, 6.07) is 10.9. The number of anilines is 2. The van der Waals surface area contributed by atoms with Crippen LogP contribution in [-0.2, 0) is 0 Å². The SMILES string of the molecule is COc1ccc(N)cc1C(=O)Nc1cc(C)ccc1C. The third-order valence-electron chi connectivity index (χ3n) is 3.11. The molecule has 20 heavy (non-hydrogen) atoms. The Labute approximate surface area is 118 Å². The van der Waals surface area contributed by atoms with Crippen LogP contribution in [0.25, 0.3) is 0 Å². The Morgan fingerprint density at radius 1 is 1.15 bits per heavy atom. The molecule has 104 valence electrons. The predicted octanol–water partition coefficient (Wildman–Crippen LogP) is 3.15. The molecule has 0 radical (unpaired) electrons. The predicted molar refractivity (Wildman–Crippen MR) is 81.3 cm³/mol. The topological polar surface area (TPSA) is 64.3 Å². The lowest BCUT2D eigenvalue weighted by Gasteiger charge is -2.12. The van der Waals surface area contributed by atoms with Crippen molar-refractivity contribution in [1.82, 2.24) is 0 Å². The van der Waals surface area contributed by atoms with Gasteiger partial charge >= 0.3 is 0 Å². The number of carbonyl (C=O) groups is 1. The molecule has 0 saturated carbocycles. The zero-order valence-corrected chi connectivity index (χ0v) is 11.9. The number of carbonyl (C=O) groups excluding carboxylic acids is 1. The number of nitrogens with one attached hydrogen (secondary N) is 1. The molecule has 0 fully saturated rings. The van der Waals surface area contributed by atoms with E-state index >= 15 is 0 Å². The van der Waals surface area contributed by atoms with Crippen LogP contribution in [0.1, 0.15) is 21.5 Å². The summed E-state index contributed by atoms with van der Waals surface area (Å²) in [5, 5.41) is 2.89. The number of hydrogen-bond acceptors (Lipinski definition) is 3. The van der Waals surface area contributed by atoms with Crippen molar-refractivity contribution in [3.8, 4) is 5.75 Å². The Morgan fingerprint density at radius 2 is 1.90 bits per heavy atom. The Morgan fingerprint density at radius 3 is 2.60 bits per heavy atom. The standard InChI is InChI=1S/C16H18N2O2/c1-10-4-5-11(2)14(8-10)18-16(19)13-9-12(17)6-7-15(13)20-3/h4-9H,17H2,1-3H3,(H,18,19). The highest BCUT2D eigenvalue weighted by molar-refractivity contribution is 6.07. The van der Waals surface area contributed by atoms with Gasteiger partial charge in [-0.15, -0.1) is 0 Å². The van der Waals surface area contributed by atoms with Crippen molar-refractivity contribution in [3.63, 3.8) is 0 Å². The first-order valence-electron chi connectivity index (χ1n) is 6.33. The fourth-order valence-electron chi connectivity index (χ4n) is 1.96. The van der Waals surface area contributed by atoms with E-state index in [0.717, 1.165) is 16.8 Å². The molecule has 1 amide bonds. The average molecular weight is 270 g/mol. The molecule has 0 aliphatic heterocycles. The highest BCUT2D eigenvalue weighted by Crippen LogP contribution is 2.23. The summed E-state index contributed by atoms with van der Waals surface area (Å²) in [6.45, 7) is 3.93. The van der Waals surface area contributed by atoms with Gasteiger partial charge in [-0.05, 0) is 49.2 Å². The molecule has 0 unspecified atom stereocenters. The third-order valence-corrected chi connectivity index (χ3v) is 3.11. The molecule has 0 aromatic heterocycles. The summed E-state index contributed by atoms with van der Waals surface area (Å²) in [5.74, 6) is 0.268. The number of nitrogen functional groups attached to an aromatic ring is 1. The number of hydrogen-bond donors (Lipinski definition) is 2. The molecule has 0 aliphatic carbocycles. The lowest BCUT2D eigenvalue weighted by atomic mass is 10.1. The van der Waals surface area contributed by atoms with Crippen LogP contribution in [-0.4, -0.2) is 13.0 Å². The lowest BCUT2D eigenvalue weighted by molar-refractivity contribution is 0.102. The maximum Gasteiger partial charge on any atom is 0.259 e. The highest BCUT2D eigenvalue weighted by atomic mass is 16.5. The summed E-state index contributed by atoms with van der Waals surface area (Å²) >= 11 is 0. The van der Waals surface area contributed by atoms with E-state index in [2.05, 4.69) is 5.32 Å². The van der Waals surface area contributed by atoms with Crippen molar-refractivity contribution in [1.29, 1.82) is 0 Å². The van der Waals surface area contributed by atoms with E-state index in [1.54, 1.807) is 18.2 Å². The van der Waals surface area contributed by atoms with E-state index in [9.17, 15) is 4.79 Å². The number of methoxy groups -OCH3 is 1. The van der Waals surface area contributed by atoms with Crippen LogP contribution in [0.5, 0.6) is 5.75 Å². The Kier molecular flexibility index (Phi) is 3.94. The highest BCUT2D eigenvalue weighted by Gasteiger charge is 2.13. The van der Waals surface area contributed by atoms with Gasteiger partial charge in [-0.3, -0.25) is 4.79 Å². The van der Waals surface area contributed by atoms with Crippen LogP contribution >= 0.6 is 0 Å². The molecule has 4 heteroatoms. The van der Waals surface area contributed by atoms with Crippen LogP contribution < -0.4 is 15.8 Å². The molecular weight excluding hydrogens is 252 g/mol. The summed E-state index contributed by atoms with van der Waals surface area (Å²) in [6.07, 6.45) is 0. The summed E-state index contributed by atoms with van der Waals surface area (Å²) in [7, 11) is 1.53. The zero-order chi connectivity index (χ0) is 14.7. The Hall–Kier alpha value is -2.49. The quantitative estimate of drug-likeness (QED) is 0.842. The van der Waals surface area contributed by atoms with Crippen LogP contribution in [0.4, 0.5) is 11.4 Å². The average Bonchev–Trinajstić information content (AvgIpc) is 2.42. The molecule has 2 aromatic carbocycles. The first-order chi connectivity index (χ1) is 9.51. The maximum absolute atomic E-state index is 12.4. The van der Waals surface area contributed by atoms with E-state index in [4.69, 9.17) is 10.5 Å². The zero-order valence-electron chi connectivity index (χ0n) is 11.9. The number of nitrogens with two attached hydrogens (primary N) is 1. The largest absolute Gasteiger partial charge is 0.496 e. The van der Waals surface area contributed by atoms with Crippen molar-refractivity contribution >= 4 is 17.3 Å². The second-order valence-electron chi connectivity index (χ2n) is 4.73. The van der Waals surface area contributed by atoms with Gasteiger partial charge in [0, 0.05) is 11.4 Å². The normalized spacial score (nSPS) is 10.2. The Bertz CT molecular complexity index is 651. The van der Waals surface area contributed by atoms with Gasteiger partial charge in [-0.25, -0.2) is 0 Å². The molecule has 4 nitrogen and oxygen atoms in total. The van der Waals surface area contributed by atoms with Crippen molar-refractivity contribution in [3.05, 3.63) is 53.1 Å². The van der Waals surface area contributed by atoms with Gasteiger partial charge in [0.05, 0.1) is 12.7 Å². The van der Waals surface area contributed by atoms with Crippen molar-refractivity contribution < 1.29 is 9.53 Å². The van der Waals surface area contributed by atoms with Crippen LogP contribution in [0.15, 0.2) is 36.4 Å². The molecule has 0 aliphatic rings. The first kappa shape index (κ1) is 13.9. The summed E-state index contributed by atoms with van der Waals surface area (Å²) < 4.78 is 5.20. The number of benzene rings is 2. The Balaban J connectivity index is 2.32. The minimum Gasteiger partial charge on any atom is -0.496 e. The monoisotopic (exact) mass is 270 g/mol. The first-order valence-corrected chi connectivity index (χ1v) is 6.33. The maximum atomic E-state index is 12.4. The van der Waals surface area contributed by atoms with Gasteiger partial charge in [-0.1, -0.05) is 12.1 Å². The molecule has 0 spiro atoms.